The van der Waals surface area contributed by atoms with Crippen LogP contribution in [-0.2, 0) is 19.0 Å². The molecule has 2 fully saturated rings. The van der Waals surface area contributed by atoms with Gasteiger partial charge in [-0.1, -0.05) is 24.3 Å². The summed E-state index contributed by atoms with van der Waals surface area (Å²) in [5.74, 6) is -1.64. The SMILES string of the molecule is NC1[C@H](O)OC(CO)[C@@H](O)[C@H]1CO[C@@H]1OC(C(=O)NNc2nncc3ccccc23)[C@@H](O)[C@@H](O)C1O. The molecule has 0 radical (unpaired) electrons. The summed E-state index contributed by atoms with van der Waals surface area (Å²) in [4.78, 5) is 12.8. The molecule has 10 N–H and O–H groups in total. The minimum absolute atomic E-state index is 0.222. The summed E-state index contributed by atoms with van der Waals surface area (Å²) in [6.07, 6.45) is -11.1. The molecule has 3 heterocycles. The highest BCUT2D eigenvalue weighted by atomic mass is 16.7. The van der Waals surface area contributed by atoms with Gasteiger partial charge < -0.3 is 50.6 Å². The number of hydrogen-bond acceptors (Lipinski definition) is 14. The van der Waals surface area contributed by atoms with E-state index in [1.807, 2.05) is 6.07 Å². The molecular weight excluding hydrogens is 482 g/mol. The van der Waals surface area contributed by atoms with Gasteiger partial charge in [0.2, 0.25) is 0 Å². The van der Waals surface area contributed by atoms with Crippen LogP contribution in [0.1, 0.15) is 0 Å². The first-order valence-corrected chi connectivity index (χ1v) is 11.2. The second-order valence-corrected chi connectivity index (χ2v) is 8.60. The lowest BCUT2D eigenvalue weighted by molar-refractivity contribution is -0.302. The summed E-state index contributed by atoms with van der Waals surface area (Å²) in [5, 5.41) is 69.7. The molecule has 15 nitrogen and oxygen atoms in total. The largest absolute Gasteiger partial charge is 0.394 e. The molecule has 36 heavy (non-hydrogen) atoms. The van der Waals surface area contributed by atoms with Crippen molar-refractivity contribution in [2.45, 2.75) is 55.2 Å². The summed E-state index contributed by atoms with van der Waals surface area (Å²) in [5.41, 5.74) is 10.8. The predicted octanol–water partition coefficient (Wildman–Crippen LogP) is -4.09. The molecule has 2 aromatic rings. The molecule has 2 aliphatic heterocycles. The van der Waals surface area contributed by atoms with Gasteiger partial charge in [0.1, 0.15) is 24.4 Å². The molecule has 0 aliphatic carbocycles. The van der Waals surface area contributed by atoms with Crippen LogP contribution in [0.5, 0.6) is 0 Å². The molecule has 0 saturated carbocycles. The molecule has 2 saturated heterocycles. The van der Waals surface area contributed by atoms with E-state index in [1.54, 1.807) is 24.4 Å². The fraction of sp³-hybridized carbons (Fsp3) is 0.571. The van der Waals surface area contributed by atoms with Crippen molar-refractivity contribution in [3.8, 4) is 0 Å². The monoisotopic (exact) mass is 511 g/mol. The van der Waals surface area contributed by atoms with E-state index in [2.05, 4.69) is 21.0 Å². The van der Waals surface area contributed by atoms with Crippen molar-refractivity contribution >= 4 is 22.5 Å². The molecular formula is C21H29N5O10. The number of carbonyl (C=O) groups excluding carboxylic acids is 1. The average molecular weight is 511 g/mol. The van der Waals surface area contributed by atoms with Gasteiger partial charge in [0.15, 0.2) is 24.5 Å². The Morgan fingerprint density at radius 3 is 2.56 bits per heavy atom. The van der Waals surface area contributed by atoms with Crippen LogP contribution in [0.25, 0.3) is 10.8 Å². The number of aliphatic hydroxyl groups is 6. The highest BCUT2D eigenvalue weighted by Crippen LogP contribution is 2.27. The first-order valence-electron chi connectivity index (χ1n) is 11.2. The number of aromatic nitrogens is 2. The average Bonchev–Trinajstić information content (AvgIpc) is 2.89. The van der Waals surface area contributed by atoms with Crippen molar-refractivity contribution in [3.63, 3.8) is 0 Å². The Kier molecular flexibility index (Phi) is 8.26. The number of rotatable bonds is 7. The Morgan fingerprint density at radius 2 is 1.81 bits per heavy atom. The van der Waals surface area contributed by atoms with E-state index in [4.69, 9.17) is 19.9 Å². The number of hydrogen-bond donors (Lipinski definition) is 9. The quantitative estimate of drug-likeness (QED) is 0.161. The summed E-state index contributed by atoms with van der Waals surface area (Å²) in [6, 6.07) is 6.02. The molecule has 1 aromatic carbocycles. The highest BCUT2D eigenvalue weighted by Gasteiger charge is 2.49. The lowest BCUT2D eigenvalue weighted by Crippen LogP contribution is -2.63. The number of nitrogens with one attached hydrogen (secondary N) is 2. The van der Waals surface area contributed by atoms with Gasteiger partial charge in [0.05, 0.1) is 31.6 Å². The number of anilines is 1. The highest BCUT2D eigenvalue weighted by molar-refractivity contribution is 5.92. The maximum atomic E-state index is 12.8. The molecule has 2 aliphatic rings. The van der Waals surface area contributed by atoms with Crippen LogP contribution in [0.3, 0.4) is 0 Å². The van der Waals surface area contributed by atoms with E-state index < -0.39 is 80.3 Å². The van der Waals surface area contributed by atoms with Gasteiger partial charge in [-0.25, -0.2) is 0 Å². The maximum Gasteiger partial charge on any atom is 0.270 e. The van der Waals surface area contributed by atoms with Crippen LogP contribution in [0.15, 0.2) is 30.5 Å². The first-order chi connectivity index (χ1) is 17.2. The molecule has 4 rings (SSSR count). The molecule has 4 unspecified atom stereocenters. The van der Waals surface area contributed by atoms with Gasteiger partial charge in [0, 0.05) is 16.7 Å². The molecule has 15 heteroatoms. The number of hydrazine groups is 1. The van der Waals surface area contributed by atoms with Crippen molar-refractivity contribution in [1.82, 2.24) is 15.6 Å². The van der Waals surface area contributed by atoms with Crippen LogP contribution in [0.2, 0.25) is 0 Å². The number of fused-ring (bicyclic) bond motifs is 1. The van der Waals surface area contributed by atoms with Crippen molar-refractivity contribution < 1.29 is 49.6 Å². The van der Waals surface area contributed by atoms with Gasteiger partial charge in [0.25, 0.3) is 5.91 Å². The zero-order valence-corrected chi connectivity index (χ0v) is 18.9. The number of benzene rings is 1. The molecule has 10 atom stereocenters. The van der Waals surface area contributed by atoms with Crippen molar-refractivity contribution in [2.75, 3.05) is 18.6 Å². The van der Waals surface area contributed by atoms with Crippen LogP contribution in [-0.4, -0.2) is 115 Å². The van der Waals surface area contributed by atoms with E-state index in [0.717, 1.165) is 5.39 Å². The minimum Gasteiger partial charge on any atom is -0.394 e. The predicted molar refractivity (Wildman–Crippen MR) is 119 cm³/mol. The van der Waals surface area contributed by atoms with E-state index in [-0.39, 0.29) is 5.82 Å². The molecule has 1 aromatic heterocycles. The molecule has 1 amide bonds. The van der Waals surface area contributed by atoms with E-state index >= 15 is 0 Å². The minimum atomic E-state index is -1.82. The smallest absolute Gasteiger partial charge is 0.270 e. The summed E-state index contributed by atoms with van der Waals surface area (Å²) in [6.45, 7) is -0.993. The Bertz CT molecular complexity index is 1040. The number of amides is 1. The van der Waals surface area contributed by atoms with Gasteiger partial charge in [-0.3, -0.25) is 15.6 Å². The van der Waals surface area contributed by atoms with Gasteiger partial charge in [-0.15, -0.1) is 5.10 Å². The standard InChI is InChI=1S/C21H29N5O10/c22-12-10(13(28)11(6-27)35-20(12)33)7-34-21-16(31)14(29)15(30)17(36-21)19(32)26-25-18-9-4-2-1-3-8(9)5-23-24-18/h1-5,10-17,20-21,27-31,33H,6-7,22H2,(H,24,25)(H,26,32)/t10-,11?,12?,13-,14+,15-,16?,17?,20+,21+/m0/s1. The van der Waals surface area contributed by atoms with Crippen LogP contribution in [0, 0.1) is 5.92 Å². The number of nitrogens with two attached hydrogens (primary N) is 1. The van der Waals surface area contributed by atoms with Gasteiger partial charge in [-0.2, -0.15) is 5.10 Å². The normalized spacial score (nSPS) is 37.0. The second kappa shape index (κ2) is 11.2. The maximum absolute atomic E-state index is 12.8. The Labute approximate surface area is 204 Å². The fourth-order valence-corrected chi connectivity index (χ4v) is 4.15. The number of aliphatic hydroxyl groups excluding tert-OH is 6. The molecule has 0 spiro atoms. The van der Waals surface area contributed by atoms with Crippen molar-refractivity contribution in [2.24, 2.45) is 11.7 Å². The summed E-state index contributed by atoms with van der Waals surface area (Å²) >= 11 is 0. The van der Waals surface area contributed by atoms with Gasteiger partial charge >= 0.3 is 0 Å². The van der Waals surface area contributed by atoms with Crippen LogP contribution >= 0.6 is 0 Å². The van der Waals surface area contributed by atoms with E-state index in [9.17, 15) is 35.4 Å². The molecule has 0 bridgehead atoms. The first kappa shape index (κ1) is 26.5. The summed E-state index contributed by atoms with van der Waals surface area (Å²) < 4.78 is 15.9. The van der Waals surface area contributed by atoms with E-state index in [1.165, 1.54) is 0 Å². The Hall–Kier alpha value is -2.57. The number of nitrogens with zero attached hydrogens (tertiary/aromatic N) is 2. The fourth-order valence-electron chi connectivity index (χ4n) is 4.15. The van der Waals surface area contributed by atoms with Crippen LogP contribution < -0.4 is 16.6 Å². The lowest BCUT2D eigenvalue weighted by atomic mass is 9.88. The third-order valence-corrected chi connectivity index (χ3v) is 6.29. The topological polar surface area (TPSA) is 242 Å². The number of ether oxygens (including phenoxy) is 3. The lowest BCUT2D eigenvalue weighted by Gasteiger charge is -2.43. The zero-order chi connectivity index (χ0) is 26.0. The number of carbonyl (C=O) groups is 1. The van der Waals surface area contributed by atoms with Crippen molar-refractivity contribution in [1.29, 1.82) is 0 Å². The summed E-state index contributed by atoms with van der Waals surface area (Å²) in [7, 11) is 0. The van der Waals surface area contributed by atoms with Crippen LogP contribution in [0.4, 0.5) is 5.82 Å². The third kappa shape index (κ3) is 5.25. The van der Waals surface area contributed by atoms with E-state index in [0.29, 0.717) is 5.39 Å². The molecule has 198 valence electrons. The Morgan fingerprint density at radius 1 is 1.06 bits per heavy atom. The second-order valence-electron chi connectivity index (χ2n) is 8.60. The zero-order valence-electron chi connectivity index (χ0n) is 18.9. The third-order valence-electron chi connectivity index (χ3n) is 6.29. The van der Waals surface area contributed by atoms with Gasteiger partial charge in [-0.05, 0) is 0 Å². The Balaban J connectivity index is 1.41. The van der Waals surface area contributed by atoms with Crippen molar-refractivity contribution in [3.05, 3.63) is 30.5 Å².